The molecule has 2 aromatic rings. The Bertz CT molecular complexity index is 429. The molecular formula is C9H14N4S. The van der Waals surface area contributed by atoms with E-state index in [0.717, 1.165) is 22.9 Å². The lowest BCUT2D eigenvalue weighted by molar-refractivity contribution is 0.749. The number of nitrogens with zero attached hydrogens (tertiary/aromatic N) is 3. The van der Waals surface area contributed by atoms with E-state index in [4.69, 9.17) is 5.73 Å². The standard InChI is InChI=1S/C9H14N4S/c1-6(2)8-11-9-13(12-8)7(3-4-10)5-14-9/h5-6H,3-4,10H2,1-2H3. The fourth-order valence-corrected chi connectivity index (χ4v) is 2.17. The number of fused-ring (bicyclic) bond motifs is 1. The van der Waals surface area contributed by atoms with Crippen molar-refractivity contribution in [3.8, 4) is 0 Å². The van der Waals surface area contributed by atoms with Gasteiger partial charge in [-0.05, 0) is 6.54 Å². The van der Waals surface area contributed by atoms with Crippen LogP contribution in [0.4, 0.5) is 0 Å². The number of nitrogens with two attached hydrogens (primary N) is 1. The molecule has 0 aliphatic carbocycles. The zero-order valence-electron chi connectivity index (χ0n) is 8.40. The lowest BCUT2D eigenvalue weighted by Crippen LogP contribution is -2.05. The third-order valence-electron chi connectivity index (χ3n) is 2.08. The van der Waals surface area contributed by atoms with Gasteiger partial charge in [0.15, 0.2) is 5.82 Å². The van der Waals surface area contributed by atoms with E-state index in [-0.39, 0.29) is 0 Å². The van der Waals surface area contributed by atoms with Crippen molar-refractivity contribution in [3.05, 3.63) is 16.9 Å². The molecule has 0 unspecified atom stereocenters. The lowest BCUT2D eigenvalue weighted by atomic mass is 10.2. The first-order chi connectivity index (χ1) is 6.72. The number of aromatic nitrogens is 3. The molecule has 2 N–H and O–H groups in total. The van der Waals surface area contributed by atoms with Gasteiger partial charge in [0.05, 0.1) is 5.69 Å². The molecule has 0 saturated heterocycles. The summed E-state index contributed by atoms with van der Waals surface area (Å²) in [5, 5.41) is 6.53. The highest BCUT2D eigenvalue weighted by molar-refractivity contribution is 7.15. The Morgan fingerprint density at radius 1 is 1.57 bits per heavy atom. The van der Waals surface area contributed by atoms with E-state index in [0.29, 0.717) is 12.5 Å². The summed E-state index contributed by atoms with van der Waals surface area (Å²) in [6.07, 6.45) is 0.862. The van der Waals surface area contributed by atoms with E-state index in [1.807, 2.05) is 4.52 Å². The first kappa shape index (κ1) is 9.61. The summed E-state index contributed by atoms with van der Waals surface area (Å²) in [4.78, 5) is 5.41. The quantitative estimate of drug-likeness (QED) is 0.833. The highest BCUT2D eigenvalue weighted by atomic mass is 32.1. The maximum atomic E-state index is 5.52. The van der Waals surface area contributed by atoms with Gasteiger partial charge in [-0.25, -0.2) is 9.50 Å². The highest BCUT2D eigenvalue weighted by Crippen LogP contribution is 2.18. The number of rotatable bonds is 3. The zero-order valence-corrected chi connectivity index (χ0v) is 9.21. The molecule has 0 aliphatic rings. The van der Waals surface area contributed by atoms with Crippen LogP contribution in [-0.2, 0) is 6.42 Å². The Balaban J connectivity index is 2.45. The van der Waals surface area contributed by atoms with Gasteiger partial charge in [-0.15, -0.1) is 11.3 Å². The van der Waals surface area contributed by atoms with Crippen LogP contribution in [0.2, 0.25) is 0 Å². The molecule has 14 heavy (non-hydrogen) atoms. The molecule has 2 aromatic heterocycles. The number of hydrogen-bond acceptors (Lipinski definition) is 4. The minimum Gasteiger partial charge on any atom is -0.330 e. The van der Waals surface area contributed by atoms with Crippen LogP contribution < -0.4 is 5.73 Å². The van der Waals surface area contributed by atoms with Crippen LogP contribution >= 0.6 is 11.3 Å². The third-order valence-corrected chi connectivity index (χ3v) is 2.95. The molecule has 0 saturated carbocycles. The van der Waals surface area contributed by atoms with Gasteiger partial charge in [-0.1, -0.05) is 13.8 Å². The topological polar surface area (TPSA) is 56.2 Å². The fraction of sp³-hybridized carbons (Fsp3) is 0.556. The Labute approximate surface area is 86.8 Å². The molecule has 0 amide bonds. The van der Waals surface area contributed by atoms with Gasteiger partial charge < -0.3 is 5.73 Å². The predicted molar refractivity (Wildman–Crippen MR) is 57.7 cm³/mol. The molecule has 0 fully saturated rings. The van der Waals surface area contributed by atoms with Crippen molar-refractivity contribution in [1.29, 1.82) is 0 Å². The van der Waals surface area contributed by atoms with E-state index < -0.39 is 0 Å². The van der Waals surface area contributed by atoms with Crippen molar-refractivity contribution in [1.82, 2.24) is 14.6 Å². The molecule has 2 rings (SSSR count). The van der Waals surface area contributed by atoms with Gasteiger partial charge in [-0.3, -0.25) is 0 Å². The van der Waals surface area contributed by atoms with Crippen molar-refractivity contribution in [2.45, 2.75) is 26.2 Å². The van der Waals surface area contributed by atoms with E-state index in [1.54, 1.807) is 11.3 Å². The van der Waals surface area contributed by atoms with Crippen molar-refractivity contribution >= 4 is 16.3 Å². The SMILES string of the molecule is CC(C)c1nc2scc(CCN)n2n1. The Hall–Kier alpha value is -0.940. The molecule has 0 atom stereocenters. The normalized spacial score (nSPS) is 11.7. The highest BCUT2D eigenvalue weighted by Gasteiger charge is 2.11. The van der Waals surface area contributed by atoms with Crippen LogP contribution in [0.25, 0.3) is 4.96 Å². The summed E-state index contributed by atoms with van der Waals surface area (Å²) in [6.45, 7) is 4.85. The summed E-state index contributed by atoms with van der Waals surface area (Å²) >= 11 is 1.63. The van der Waals surface area contributed by atoms with Gasteiger partial charge in [0, 0.05) is 17.7 Å². The van der Waals surface area contributed by atoms with Crippen molar-refractivity contribution < 1.29 is 0 Å². The molecule has 2 heterocycles. The average molecular weight is 210 g/mol. The molecule has 76 valence electrons. The van der Waals surface area contributed by atoms with Gasteiger partial charge in [0.1, 0.15) is 0 Å². The average Bonchev–Trinajstić information content (AvgIpc) is 2.67. The van der Waals surface area contributed by atoms with Crippen LogP contribution in [0.3, 0.4) is 0 Å². The molecule has 0 bridgehead atoms. The second-order valence-electron chi connectivity index (χ2n) is 3.58. The molecule has 5 heteroatoms. The molecule has 4 nitrogen and oxygen atoms in total. The van der Waals surface area contributed by atoms with Crippen LogP contribution in [0.5, 0.6) is 0 Å². The summed E-state index contributed by atoms with van der Waals surface area (Å²) in [7, 11) is 0. The summed E-state index contributed by atoms with van der Waals surface area (Å²) in [6, 6.07) is 0. The smallest absolute Gasteiger partial charge is 0.212 e. The van der Waals surface area contributed by atoms with Gasteiger partial charge in [-0.2, -0.15) is 5.10 Å². The minimum absolute atomic E-state index is 0.382. The Morgan fingerprint density at radius 3 is 3.00 bits per heavy atom. The maximum Gasteiger partial charge on any atom is 0.212 e. The molecule has 0 aromatic carbocycles. The van der Waals surface area contributed by atoms with Gasteiger partial charge >= 0.3 is 0 Å². The number of thiazole rings is 1. The van der Waals surface area contributed by atoms with Crippen molar-refractivity contribution in [2.75, 3.05) is 6.54 Å². The molecule has 0 aliphatic heterocycles. The number of hydrogen-bond donors (Lipinski definition) is 1. The lowest BCUT2D eigenvalue weighted by Gasteiger charge is -1.95. The third kappa shape index (κ3) is 1.53. The van der Waals surface area contributed by atoms with E-state index in [9.17, 15) is 0 Å². The van der Waals surface area contributed by atoms with Gasteiger partial charge in [0.2, 0.25) is 4.96 Å². The van der Waals surface area contributed by atoms with Gasteiger partial charge in [0.25, 0.3) is 0 Å². The Morgan fingerprint density at radius 2 is 2.36 bits per heavy atom. The van der Waals surface area contributed by atoms with Crippen LogP contribution in [0.15, 0.2) is 5.38 Å². The fourth-order valence-electron chi connectivity index (χ4n) is 1.30. The molecular weight excluding hydrogens is 196 g/mol. The summed E-state index contributed by atoms with van der Waals surface area (Å²) < 4.78 is 1.91. The summed E-state index contributed by atoms with van der Waals surface area (Å²) in [5.74, 6) is 1.29. The van der Waals surface area contributed by atoms with Crippen molar-refractivity contribution in [2.24, 2.45) is 5.73 Å². The first-order valence-electron chi connectivity index (χ1n) is 4.75. The monoisotopic (exact) mass is 210 g/mol. The van der Waals surface area contributed by atoms with Crippen molar-refractivity contribution in [3.63, 3.8) is 0 Å². The van der Waals surface area contributed by atoms with Crippen LogP contribution in [0, 0.1) is 0 Å². The van der Waals surface area contributed by atoms with Crippen LogP contribution in [0.1, 0.15) is 31.3 Å². The van der Waals surface area contributed by atoms with E-state index >= 15 is 0 Å². The summed E-state index contributed by atoms with van der Waals surface area (Å²) in [5.41, 5.74) is 6.68. The second-order valence-corrected chi connectivity index (χ2v) is 4.42. The maximum absolute atomic E-state index is 5.52. The largest absolute Gasteiger partial charge is 0.330 e. The minimum atomic E-state index is 0.382. The Kier molecular flexibility index (Phi) is 2.52. The van der Waals surface area contributed by atoms with Crippen LogP contribution in [-0.4, -0.2) is 21.1 Å². The van der Waals surface area contributed by atoms with E-state index in [1.165, 1.54) is 0 Å². The molecule has 0 spiro atoms. The molecule has 0 radical (unpaired) electrons. The first-order valence-corrected chi connectivity index (χ1v) is 5.63. The van der Waals surface area contributed by atoms with E-state index in [2.05, 4.69) is 29.3 Å². The predicted octanol–water partition coefficient (Wildman–Crippen LogP) is 1.42. The zero-order chi connectivity index (χ0) is 10.1. The second kappa shape index (κ2) is 3.67.